The number of amides is 1. The average molecular weight is 494 g/mol. The van der Waals surface area contributed by atoms with Crippen LogP contribution in [0.5, 0.6) is 0 Å². The Hall–Kier alpha value is -3.90. The van der Waals surface area contributed by atoms with E-state index in [0.29, 0.717) is 42.5 Å². The summed E-state index contributed by atoms with van der Waals surface area (Å²) in [6.45, 7) is 3.48. The first-order chi connectivity index (χ1) is 17.1. The van der Waals surface area contributed by atoms with Crippen molar-refractivity contribution in [3.05, 3.63) is 76.0 Å². The molecule has 1 saturated heterocycles. The predicted molar refractivity (Wildman–Crippen MR) is 128 cm³/mol. The van der Waals surface area contributed by atoms with Crippen LogP contribution in [0.25, 0.3) is 16.4 Å². The molecule has 0 bridgehead atoms. The molecule has 35 heavy (non-hydrogen) atoms. The maximum absolute atomic E-state index is 13.0. The third-order valence-electron chi connectivity index (χ3n) is 5.94. The zero-order valence-corrected chi connectivity index (χ0v) is 19.6. The Morgan fingerprint density at radius 3 is 2.77 bits per heavy atom. The topological polar surface area (TPSA) is 123 Å². The first kappa shape index (κ1) is 22.9. The number of thiophene rings is 1. The van der Waals surface area contributed by atoms with Gasteiger partial charge in [0, 0.05) is 56.6 Å². The number of nitrogens with zero attached hydrogens (tertiary/aromatic N) is 7. The summed E-state index contributed by atoms with van der Waals surface area (Å²) in [6.07, 6.45) is 6.24. The van der Waals surface area contributed by atoms with Crippen molar-refractivity contribution in [1.29, 1.82) is 0 Å². The van der Waals surface area contributed by atoms with E-state index in [-0.39, 0.29) is 11.6 Å². The Kier molecular flexibility index (Phi) is 6.64. The molecule has 1 aromatic carbocycles. The Morgan fingerprint density at radius 1 is 1.20 bits per heavy atom. The molecular weight excluding hydrogens is 470 g/mol. The number of nitro benzene ring substituents is 1. The van der Waals surface area contributed by atoms with E-state index in [0.717, 1.165) is 30.9 Å². The smallest absolute Gasteiger partial charge is 0.294 e. The van der Waals surface area contributed by atoms with E-state index in [1.54, 1.807) is 45.3 Å². The highest BCUT2D eigenvalue weighted by molar-refractivity contribution is 7.13. The Bertz CT molecular complexity index is 1300. The fourth-order valence-corrected chi connectivity index (χ4v) is 4.75. The molecule has 0 N–H and O–H groups in total. The molecule has 3 aromatic heterocycles. The molecule has 180 valence electrons. The second-order valence-corrected chi connectivity index (χ2v) is 9.10. The lowest BCUT2D eigenvalue weighted by Crippen LogP contribution is -2.48. The molecule has 0 unspecified atom stereocenters. The Labute approximate surface area is 204 Å². The maximum Gasteiger partial charge on any atom is 0.294 e. The monoisotopic (exact) mass is 493 g/mol. The molecule has 1 aliphatic rings. The number of carbonyl (C=O) groups excluding carboxylic acids is 1. The van der Waals surface area contributed by atoms with Crippen LogP contribution >= 0.6 is 11.3 Å². The molecule has 0 spiro atoms. The third kappa shape index (κ3) is 5.12. The van der Waals surface area contributed by atoms with Crippen LogP contribution in [0.15, 0.2) is 59.0 Å². The van der Waals surface area contributed by atoms with E-state index in [4.69, 9.17) is 4.52 Å². The van der Waals surface area contributed by atoms with E-state index in [9.17, 15) is 14.9 Å². The summed E-state index contributed by atoms with van der Waals surface area (Å²) < 4.78 is 6.91. The Balaban J connectivity index is 1.13. The minimum atomic E-state index is -0.475. The SMILES string of the molecule is O=C(c1ccc(-n2ccnc2)c([N+](=O)[O-])c1)N1CCN(CCCc2nc(-c3cccs3)no2)CC1. The summed E-state index contributed by atoms with van der Waals surface area (Å²) in [6, 6.07) is 8.49. The third-order valence-corrected chi connectivity index (χ3v) is 6.80. The minimum Gasteiger partial charge on any atom is -0.339 e. The molecule has 11 nitrogen and oxygen atoms in total. The van der Waals surface area contributed by atoms with E-state index >= 15 is 0 Å². The first-order valence-electron chi connectivity index (χ1n) is 11.2. The van der Waals surface area contributed by atoms with Crippen LogP contribution in [-0.4, -0.2) is 73.0 Å². The highest BCUT2D eigenvalue weighted by Gasteiger charge is 2.25. The van der Waals surface area contributed by atoms with E-state index in [1.165, 1.54) is 12.4 Å². The summed E-state index contributed by atoms with van der Waals surface area (Å²) in [5.41, 5.74) is 0.556. The number of piperazine rings is 1. The normalized spacial score (nSPS) is 14.3. The average Bonchev–Trinajstić information content (AvgIpc) is 3.66. The van der Waals surface area contributed by atoms with Gasteiger partial charge < -0.3 is 14.0 Å². The van der Waals surface area contributed by atoms with Gasteiger partial charge in [-0.25, -0.2) is 4.98 Å². The van der Waals surface area contributed by atoms with E-state index in [1.807, 2.05) is 17.5 Å². The van der Waals surface area contributed by atoms with Gasteiger partial charge in [-0.15, -0.1) is 11.3 Å². The van der Waals surface area contributed by atoms with Crippen molar-refractivity contribution >= 4 is 22.9 Å². The minimum absolute atomic E-state index is 0.129. The van der Waals surface area contributed by atoms with Crippen LogP contribution in [-0.2, 0) is 6.42 Å². The van der Waals surface area contributed by atoms with Crippen LogP contribution in [0.4, 0.5) is 5.69 Å². The molecule has 0 aliphatic carbocycles. The summed E-state index contributed by atoms with van der Waals surface area (Å²) in [7, 11) is 0. The number of hydrogen-bond donors (Lipinski definition) is 0. The van der Waals surface area contributed by atoms with Gasteiger partial charge in [-0.05, 0) is 36.5 Å². The van der Waals surface area contributed by atoms with Gasteiger partial charge in [-0.3, -0.25) is 19.8 Å². The van der Waals surface area contributed by atoms with Crippen molar-refractivity contribution in [3.8, 4) is 16.4 Å². The molecule has 5 rings (SSSR count). The van der Waals surface area contributed by atoms with Gasteiger partial charge >= 0.3 is 0 Å². The van der Waals surface area contributed by atoms with Crippen molar-refractivity contribution < 1.29 is 14.2 Å². The number of imidazole rings is 1. The second-order valence-electron chi connectivity index (χ2n) is 8.16. The number of aromatic nitrogens is 4. The van der Waals surface area contributed by atoms with Crippen molar-refractivity contribution in [2.75, 3.05) is 32.7 Å². The number of carbonyl (C=O) groups is 1. The maximum atomic E-state index is 13.0. The van der Waals surface area contributed by atoms with Gasteiger partial charge in [0.25, 0.3) is 11.6 Å². The molecule has 4 heterocycles. The summed E-state index contributed by atoms with van der Waals surface area (Å²) in [5, 5.41) is 17.6. The van der Waals surface area contributed by atoms with Crippen molar-refractivity contribution in [2.24, 2.45) is 0 Å². The highest BCUT2D eigenvalue weighted by atomic mass is 32.1. The zero-order valence-electron chi connectivity index (χ0n) is 18.8. The first-order valence-corrected chi connectivity index (χ1v) is 12.1. The zero-order chi connectivity index (χ0) is 24.2. The van der Waals surface area contributed by atoms with Crippen LogP contribution in [0, 0.1) is 10.1 Å². The van der Waals surface area contributed by atoms with E-state index in [2.05, 4.69) is 20.0 Å². The molecular formula is C23H23N7O4S. The Morgan fingerprint density at radius 2 is 2.06 bits per heavy atom. The lowest BCUT2D eigenvalue weighted by Gasteiger charge is -2.34. The van der Waals surface area contributed by atoms with Crippen LogP contribution in [0.1, 0.15) is 22.7 Å². The number of aryl methyl sites for hydroxylation is 1. The molecule has 1 amide bonds. The standard InChI is InChI=1S/C23H23N7O4S/c31-23(17-5-6-18(19(15-17)30(32)33)29-9-7-24-16-29)28-12-10-27(11-13-28)8-1-4-21-25-22(26-34-21)20-3-2-14-35-20/h2-3,5-7,9,14-16H,1,4,8,10-13H2. The molecule has 1 fully saturated rings. The summed E-state index contributed by atoms with van der Waals surface area (Å²) in [4.78, 5) is 37.6. The van der Waals surface area contributed by atoms with Crippen LogP contribution in [0.3, 0.4) is 0 Å². The molecule has 1 aliphatic heterocycles. The van der Waals surface area contributed by atoms with E-state index < -0.39 is 4.92 Å². The van der Waals surface area contributed by atoms with Crippen molar-refractivity contribution in [3.63, 3.8) is 0 Å². The molecule has 4 aromatic rings. The fraction of sp³-hybridized carbons (Fsp3) is 0.304. The van der Waals surface area contributed by atoms with Gasteiger partial charge in [0.2, 0.25) is 11.7 Å². The van der Waals surface area contributed by atoms with Crippen molar-refractivity contribution in [1.82, 2.24) is 29.5 Å². The van der Waals surface area contributed by atoms with Gasteiger partial charge in [-0.2, -0.15) is 4.98 Å². The highest BCUT2D eigenvalue weighted by Crippen LogP contribution is 2.25. The number of benzene rings is 1. The van der Waals surface area contributed by atoms with Crippen molar-refractivity contribution in [2.45, 2.75) is 12.8 Å². The fourth-order valence-electron chi connectivity index (χ4n) is 4.10. The summed E-state index contributed by atoms with van der Waals surface area (Å²) in [5.74, 6) is 1.06. The lowest BCUT2D eigenvalue weighted by atomic mass is 10.1. The van der Waals surface area contributed by atoms with Crippen LogP contribution < -0.4 is 0 Å². The molecule has 12 heteroatoms. The largest absolute Gasteiger partial charge is 0.339 e. The molecule has 0 saturated carbocycles. The van der Waals surface area contributed by atoms with Gasteiger partial charge in [0.1, 0.15) is 5.69 Å². The number of rotatable bonds is 8. The second kappa shape index (κ2) is 10.2. The lowest BCUT2D eigenvalue weighted by molar-refractivity contribution is -0.384. The number of hydrogen-bond acceptors (Lipinski definition) is 9. The summed E-state index contributed by atoms with van der Waals surface area (Å²) >= 11 is 1.58. The predicted octanol–water partition coefficient (Wildman–Crippen LogP) is 3.28. The van der Waals surface area contributed by atoms with Gasteiger partial charge in [0.15, 0.2) is 0 Å². The van der Waals surface area contributed by atoms with Crippen LogP contribution in [0.2, 0.25) is 0 Å². The van der Waals surface area contributed by atoms with Gasteiger partial charge in [0.05, 0.1) is 16.1 Å². The quantitative estimate of drug-likeness (QED) is 0.271. The number of nitro groups is 1. The van der Waals surface area contributed by atoms with Gasteiger partial charge in [-0.1, -0.05) is 11.2 Å². The molecule has 0 radical (unpaired) electrons. The molecule has 0 atom stereocenters.